The number of fused-ring (bicyclic) bond motifs is 2. The molecule has 0 fully saturated rings. The van der Waals surface area contributed by atoms with Crippen molar-refractivity contribution in [1.82, 2.24) is 15.1 Å². The molecule has 0 aliphatic carbocycles. The van der Waals surface area contributed by atoms with Crippen molar-refractivity contribution in [1.29, 1.82) is 0 Å². The van der Waals surface area contributed by atoms with Crippen molar-refractivity contribution in [3.63, 3.8) is 0 Å². The van der Waals surface area contributed by atoms with E-state index in [9.17, 15) is 10.2 Å². The van der Waals surface area contributed by atoms with Crippen molar-refractivity contribution >= 4 is 11.6 Å². The van der Waals surface area contributed by atoms with Gasteiger partial charge in [0.25, 0.3) is 0 Å². The Kier molecular flexibility index (Phi) is 4.07. The summed E-state index contributed by atoms with van der Waals surface area (Å²) < 4.78 is 10.8. The van der Waals surface area contributed by atoms with E-state index >= 15 is 0 Å². The minimum atomic E-state index is -0.156. The molecule has 0 radical (unpaired) electrons. The van der Waals surface area contributed by atoms with E-state index in [2.05, 4.69) is 15.1 Å². The third-order valence-electron chi connectivity index (χ3n) is 5.18. The lowest BCUT2D eigenvalue weighted by molar-refractivity contribution is 0.174. The van der Waals surface area contributed by atoms with Crippen LogP contribution in [0.15, 0.2) is 30.3 Å². The number of benzene rings is 2. The number of nitrogens with zero attached hydrogens (tertiary/aromatic N) is 2. The molecule has 0 atom stereocenters. The van der Waals surface area contributed by atoms with E-state index in [1.54, 1.807) is 6.07 Å². The third-order valence-corrected chi connectivity index (χ3v) is 5.48. The van der Waals surface area contributed by atoms with Crippen LogP contribution in [0.5, 0.6) is 23.0 Å². The number of halogens is 1. The Hall–Kier alpha value is -2.90. The predicted octanol–water partition coefficient (Wildman–Crippen LogP) is 3.43. The van der Waals surface area contributed by atoms with Gasteiger partial charge in [0.1, 0.15) is 17.2 Å². The molecular weight excluding hydrogens is 382 g/mol. The minimum absolute atomic E-state index is 0.0518. The summed E-state index contributed by atoms with van der Waals surface area (Å²) in [4.78, 5) is 2.32. The summed E-state index contributed by atoms with van der Waals surface area (Å²) in [5, 5.41) is 27.6. The van der Waals surface area contributed by atoms with Crippen LogP contribution >= 0.6 is 11.6 Å². The number of aromatic nitrogens is 2. The number of aromatic amines is 1. The van der Waals surface area contributed by atoms with Gasteiger partial charge in [0, 0.05) is 48.9 Å². The number of hydrogen-bond donors (Lipinski definition) is 3. The van der Waals surface area contributed by atoms with Crippen LogP contribution in [0.2, 0.25) is 5.02 Å². The molecule has 0 unspecified atom stereocenters. The zero-order chi connectivity index (χ0) is 19.3. The van der Waals surface area contributed by atoms with Gasteiger partial charge in [-0.3, -0.25) is 10.00 Å². The van der Waals surface area contributed by atoms with Crippen LogP contribution in [0.3, 0.4) is 0 Å². The molecule has 3 aromatic rings. The van der Waals surface area contributed by atoms with Gasteiger partial charge < -0.3 is 19.7 Å². The van der Waals surface area contributed by atoms with Gasteiger partial charge in [-0.15, -0.1) is 0 Å². The molecule has 0 saturated carbocycles. The van der Waals surface area contributed by atoms with Gasteiger partial charge >= 0.3 is 0 Å². The molecular formula is C20H18ClN3O4. The van der Waals surface area contributed by atoms with Crippen molar-refractivity contribution in [2.24, 2.45) is 0 Å². The van der Waals surface area contributed by atoms with E-state index in [-0.39, 0.29) is 23.3 Å². The lowest BCUT2D eigenvalue weighted by atomic mass is 9.99. The first-order valence-corrected chi connectivity index (χ1v) is 9.35. The van der Waals surface area contributed by atoms with Crippen LogP contribution in [0.25, 0.3) is 11.3 Å². The van der Waals surface area contributed by atoms with Gasteiger partial charge in [-0.1, -0.05) is 17.7 Å². The number of ether oxygens (including phenoxy) is 2. The summed E-state index contributed by atoms with van der Waals surface area (Å²) in [6, 6.07) is 8.78. The van der Waals surface area contributed by atoms with Crippen molar-refractivity contribution < 1.29 is 19.7 Å². The molecule has 0 spiro atoms. The average Bonchev–Trinajstić information content (AvgIpc) is 3.31. The van der Waals surface area contributed by atoms with Crippen LogP contribution in [0, 0.1) is 0 Å². The van der Waals surface area contributed by atoms with E-state index in [0.717, 1.165) is 47.8 Å². The zero-order valence-corrected chi connectivity index (χ0v) is 15.7. The summed E-state index contributed by atoms with van der Waals surface area (Å²) in [6.45, 7) is 2.62. The number of rotatable bonds is 3. The van der Waals surface area contributed by atoms with E-state index in [1.807, 2.05) is 18.2 Å². The van der Waals surface area contributed by atoms with E-state index in [4.69, 9.17) is 21.1 Å². The molecule has 8 heteroatoms. The molecule has 144 valence electrons. The van der Waals surface area contributed by atoms with Gasteiger partial charge in [-0.2, -0.15) is 5.10 Å². The lowest BCUT2D eigenvalue weighted by Gasteiger charge is -2.27. The highest BCUT2D eigenvalue weighted by atomic mass is 35.5. The van der Waals surface area contributed by atoms with E-state index in [0.29, 0.717) is 17.8 Å². The highest BCUT2D eigenvalue weighted by molar-refractivity contribution is 6.32. The first-order chi connectivity index (χ1) is 13.6. The Morgan fingerprint density at radius 3 is 2.86 bits per heavy atom. The fourth-order valence-corrected chi connectivity index (χ4v) is 3.91. The molecule has 2 aliphatic rings. The number of H-pyrrole nitrogens is 1. The predicted molar refractivity (Wildman–Crippen MR) is 103 cm³/mol. The SMILES string of the molecule is Oc1cc(O)c(-c2n[nH]c3c2CN(Cc2ccc4c(c2)OCO4)CC3)cc1Cl. The molecule has 3 N–H and O–H groups in total. The van der Waals surface area contributed by atoms with Crippen LogP contribution in [0.4, 0.5) is 0 Å². The molecule has 2 aromatic carbocycles. The topological polar surface area (TPSA) is 90.8 Å². The Bertz CT molecular complexity index is 1070. The highest BCUT2D eigenvalue weighted by Crippen LogP contribution is 2.39. The summed E-state index contributed by atoms with van der Waals surface area (Å²) in [7, 11) is 0. The summed E-state index contributed by atoms with van der Waals surface area (Å²) in [5.41, 5.74) is 4.40. The molecule has 7 nitrogen and oxygen atoms in total. The first-order valence-electron chi connectivity index (χ1n) is 8.97. The molecule has 0 saturated heterocycles. The largest absolute Gasteiger partial charge is 0.507 e. The number of aromatic hydroxyl groups is 2. The summed E-state index contributed by atoms with van der Waals surface area (Å²) >= 11 is 6.04. The van der Waals surface area contributed by atoms with Gasteiger partial charge in [0.15, 0.2) is 11.5 Å². The molecule has 0 amide bonds. The molecule has 2 aliphatic heterocycles. The maximum Gasteiger partial charge on any atom is 0.231 e. The maximum absolute atomic E-state index is 10.3. The second-order valence-electron chi connectivity index (χ2n) is 7.00. The average molecular weight is 400 g/mol. The number of phenolic OH excluding ortho intramolecular Hbond substituents is 2. The Labute approximate surface area is 166 Å². The van der Waals surface area contributed by atoms with Gasteiger partial charge in [-0.05, 0) is 23.8 Å². The van der Waals surface area contributed by atoms with Crippen LogP contribution in [-0.2, 0) is 19.5 Å². The fraction of sp³-hybridized carbons (Fsp3) is 0.250. The highest BCUT2D eigenvalue weighted by Gasteiger charge is 2.25. The molecule has 5 rings (SSSR count). The molecule has 0 bridgehead atoms. The molecule has 3 heterocycles. The van der Waals surface area contributed by atoms with Gasteiger partial charge in [0.05, 0.1) is 5.02 Å². The van der Waals surface area contributed by atoms with Crippen molar-refractivity contribution in [3.8, 4) is 34.3 Å². The normalized spacial score (nSPS) is 15.6. The van der Waals surface area contributed by atoms with E-state index < -0.39 is 0 Å². The molecule has 28 heavy (non-hydrogen) atoms. The second-order valence-corrected chi connectivity index (χ2v) is 7.41. The van der Waals surface area contributed by atoms with Crippen molar-refractivity contribution in [2.75, 3.05) is 13.3 Å². The second kappa shape index (κ2) is 6.61. The fourth-order valence-electron chi connectivity index (χ4n) is 3.75. The smallest absolute Gasteiger partial charge is 0.231 e. The summed E-state index contributed by atoms with van der Waals surface area (Å²) in [6.07, 6.45) is 0.833. The van der Waals surface area contributed by atoms with E-state index in [1.165, 1.54) is 6.07 Å². The number of nitrogens with one attached hydrogen (secondary N) is 1. The van der Waals surface area contributed by atoms with Crippen LogP contribution < -0.4 is 9.47 Å². The Morgan fingerprint density at radius 2 is 1.96 bits per heavy atom. The van der Waals surface area contributed by atoms with Crippen molar-refractivity contribution in [2.45, 2.75) is 19.5 Å². The Balaban J connectivity index is 1.42. The third kappa shape index (κ3) is 2.93. The van der Waals surface area contributed by atoms with Gasteiger partial charge in [0.2, 0.25) is 6.79 Å². The number of hydrogen-bond acceptors (Lipinski definition) is 6. The van der Waals surface area contributed by atoms with Gasteiger partial charge in [-0.25, -0.2) is 0 Å². The quantitative estimate of drug-likeness (QED) is 0.625. The minimum Gasteiger partial charge on any atom is -0.507 e. The lowest BCUT2D eigenvalue weighted by Crippen LogP contribution is -2.30. The number of phenols is 2. The monoisotopic (exact) mass is 399 g/mol. The van der Waals surface area contributed by atoms with Crippen LogP contribution in [0.1, 0.15) is 16.8 Å². The summed E-state index contributed by atoms with van der Waals surface area (Å²) in [5.74, 6) is 1.35. The zero-order valence-electron chi connectivity index (χ0n) is 14.9. The first kappa shape index (κ1) is 17.2. The standard InChI is InChI=1S/C20H18ClN3O4/c21-14-6-12(16(25)7-17(14)26)20-13-9-24(4-3-15(13)22-23-20)8-11-1-2-18-19(5-11)28-10-27-18/h1-2,5-7,25-26H,3-4,8-10H2,(H,22,23). The van der Waals surface area contributed by atoms with Crippen LogP contribution in [-0.4, -0.2) is 38.6 Å². The Morgan fingerprint density at radius 1 is 1.11 bits per heavy atom. The maximum atomic E-state index is 10.3. The molecule has 1 aromatic heterocycles. The van der Waals surface area contributed by atoms with Crippen molar-refractivity contribution in [3.05, 3.63) is 52.2 Å².